The second kappa shape index (κ2) is 6.43. The quantitative estimate of drug-likeness (QED) is 0.827. The SMILES string of the molecule is CN(C)C1CCN(CC(=O)Nc2ccc(N)cc2Cl)C1. The van der Waals surface area contributed by atoms with Crippen LogP contribution in [0.5, 0.6) is 0 Å². The van der Waals surface area contributed by atoms with Gasteiger partial charge in [0.25, 0.3) is 0 Å². The lowest BCUT2D eigenvalue weighted by atomic mass is 10.2. The largest absolute Gasteiger partial charge is 0.399 e. The topological polar surface area (TPSA) is 61.6 Å². The minimum absolute atomic E-state index is 0.0453. The maximum absolute atomic E-state index is 12.0. The third-order valence-corrected chi connectivity index (χ3v) is 3.92. The zero-order valence-electron chi connectivity index (χ0n) is 11.9. The molecule has 1 aliphatic heterocycles. The summed E-state index contributed by atoms with van der Waals surface area (Å²) in [4.78, 5) is 16.4. The minimum Gasteiger partial charge on any atom is -0.399 e. The zero-order valence-corrected chi connectivity index (χ0v) is 12.7. The highest BCUT2D eigenvalue weighted by Crippen LogP contribution is 2.24. The molecule has 1 amide bonds. The Balaban J connectivity index is 1.87. The summed E-state index contributed by atoms with van der Waals surface area (Å²) in [6, 6.07) is 5.61. The van der Waals surface area contributed by atoms with Crippen LogP contribution in [0.2, 0.25) is 5.02 Å². The van der Waals surface area contributed by atoms with Gasteiger partial charge >= 0.3 is 0 Å². The molecule has 0 spiro atoms. The lowest BCUT2D eigenvalue weighted by Crippen LogP contribution is -2.35. The lowest BCUT2D eigenvalue weighted by Gasteiger charge is -2.20. The maximum Gasteiger partial charge on any atom is 0.238 e. The molecule has 3 N–H and O–H groups in total. The van der Waals surface area contributed by atoms with E-state index in [4.69, 9.17) is 17.3 Å². The van der Waals surface area contributed by atoms with Crippen molar-refractivity contribution in [2.45, 2.75) is 12.5 Å². The van der Waals surface area contributed by atoms with E-state index in [2.05, 4.69) is 29.2 Å². The van der Waals surface area contributed by atoms with Gasteiger partial charge in [-0.25, -0.2) is 0 Å². The maximum atomic E-state index is 12.0. The first-order valence-corrected chi connectivity index (χ1v) is 7.07. The number of hydrogen-bond donors (Lipinski definition) is 2. The summed E-state index contributed by atoms with van der Waals surface area (Å²) in [7, 11) is 4.14. The molecule has 1 saturated heterocycles. The average molecular weight is 297 g/mol. The van der Waals surface area contributed by atoms with Crippen LogP contribution in [0.3, 0.4) is 0 Å². The Labute approximate surface area is 124 Å². The number of likely N-dealkylation sites (tertiary alicyclic amines) is 1. The molecule has 1 aromatic rings. The van der Waals surface area contributed by atoms with E-state index >= 15 is 0 Å². The Morgan fingerprint density at radius 1 is 1.55 bits per heavy atom. The fourth-order valence-corrected chi connectivity index (χ4v) is 2.64. The Morgan fingerprint density at radius 2 is 2.30 bits per heavy atom. The molecular formula is C14H21ClN4O. The lowest BCUT2D eigenvalue weighted by molar-refractivity contribution is -0.117. The van der Waals surface area contributed by atoms with Gasteiger partial charge in [-0.1, -0.05) is 11.6 Å². The van der Waals surface area contributed by atoms with Crippen molar-refractivity contribution >= 4 is 28.9 Å². The molecule has 0 aliphatic carbocycles. The van der Waals surface area contributed by atoms with Crippen LogP contribution in [0, 0.1) is 0 Å². The highest BCUT2D eigenvalue weighted by atomic mass is 35.5. The summed E-state index contributed by atoms with van der Waals surface area (Å²) in [5, 5.41) is 3.29. The van der Waals surface area contributed by atoms with Gasteiger partial charge in [0.05, 0.1) is 17.3 Å². The van der Waals surface area contributed by atoms with Crippen molar-refractivity contribution in [2.24, 2.45) is 0 Å². The molecule has 1 fully saturated rings. The average Bonchev–Trinajstić information content (AvgIpc) is 2.81. The third kappa shape index (κ3) is 3.85. The van der Waals surface area contributed by atoms with Gasteiger partial charge in [-0.3, -0.25) is 9.69 Å². The molecule has 0 radical (unpaired) electrons. The van der Waals surface area contributed by atoms with E-state index in [1.807, 2.05) is 0 Å². The number of carbonyl (C=O) groups excluding carboxylic acids is 1. The summed E-state index contributed by atoms with van der Waals surface area (Å²) in [5.41, 5.74) is 6.81. The molecule has 2 rings (SSSR count). The van der Waals surface area contributed by atoms with Crippen molar-refractivity contribution in [1.29, 1.82) is 0 Å². The third-order valence-electron chi connectivity index (χ3n) is 3.61. The second-order valence-corrected chi connectivity index (χ2v) is 5.84. The van der Waals surface area contributed by atoms with Gasteiger partial charge in [0.1, 0.15) is 0 Å². The smallest absolute Gasteiger partial charge is 0.238 e. The molecule has 5 nitrogen and oxygen atoms in total. The highest BCUT2D eigenvalue weighted by molar-refractivity contribution is 6.34. The number of halogens is 1. The van der Waals surface area contributed by atoms with Gasteiger partial charge in [0.2, 0.25) is 5.91 Å². The predicted molar refractivity (Wildman–Crippen MR) is 83.0 cm³/mol. The van der Waals surface area contributed by atoms with Crippen LogP contribution in [-0.2, 0) is 4.79 Å². The Kier molecular flexibility index (Phi) is 4.86. The number of nitrogens with one attached hydrogen (secondary N) is 1. The van der Waals surface area contributed by atoms with E-state index in [0.29, 0.717) is 29.0 Å². The van der Waals surface area contributed by atoms with E-state index in [-0.39, 0.29) is 5.91 Å². The summed E-state index contributed by atoms with van der Waals surface area (Å²) in [5.74, 6) is -0.0453. The zero-order chi connectivity index (χ0) is 14.7. The van der Waals surface area contributed by atoms with Crippen LogP contribution in [0.1, 0.15) is 6.42 Å². The molecule has 20 heavy (non-hydrogen) atoms. The first kappa shape index (κ1) is 15.1. The summed E-state index contributed by atoms with van der Waals surface area (Å²) in [6.45, 7) is 2.27. The molecule has 0 saturated carbocycles. The molecule has 1 aromatic carbocycles. The van der Waals surface area contributed by atoms with Gasteiger partial charge in [-0.05, 0) is 38.7 Å². The van der Waals surface area contributed by atoms with Crippen LogP contribution >= 0.6 is 11.6 Å². The highest BCUT2D eigenvalue weighted by Gasteiger charge is 2.25. The fraction of sp³-hybridized carbons (Fsp3) is 0.500. The number of amides is 1. The van der Waals surface area contributed by atoms with Crippen molar-refractivity contribution in [2.75, 3.05) is 44.8 Å². The number of nitrogens with two attached hydrogens (primary N) is 1. The monoisotopic (exact) mass is 296 g/mol. The van der Waals surface area contributed by atoms with Crippen molar-refractivity contribution < 1.29 is 4.79 Å². The number of nitrogen functional groups attached to an aromatic ring is 1. The van der Waals surface area contributed by atoms with Gasteiger partial charge in [0.15, 0.2) is 0 Å². The van der Waals surface area contributed by atoms with Crippen LogP contribution in [-0.4, -0.2) is 55.5 Å². The fourth-order valence-electron chi connectivity index (χ4n) is 2.40. The number of hydrogen-bond acceptors (Lipinski definition) is 4. The molecule has 1 heterocycles. The van der Waals surface area contributed by atoms with E-state index < -0.39 is 0 Å². The normalized spacial score (nSPS) is 19.5. The number of rotatable bonds is 4. The van der Waals surface area contributed by atoms with Crippen LogP contribution in [0.25, 0.3) is 0 Å². The van der Waals surface area contributed by atoms with Gasteiger partial charge < -0.3 is 16.0 Å². The Hall–Kier alpha value is -1.30. The van der Waals surface area contributed by atoms with E-state index in [1.165, 1.54) is 0 Å². The number of nitrogens with zero attached hydrogens (tertiary/aromatic N) is 2. The molecule has 1 atom stereocenters. The Morgan fingerprint density at radius 3 is 2.90 bits per heavy atom. The Bertz CT molecular complexity index is 492. The molecule has 0 bridgehead atoms. The summed E-state index contributed by atoms with van der Waals surface area (Å²) < 4.78 is 0. The van der Waals surface area contributed by atoms with E-state index in [9.17, 15) is 4.79 Å². The predicted octanol–water partition coefficient (Wildman–Crippen LogP) is 1.50. The van der Waals surface area contributed by atoms with Crippen molar-refractivity contribution in [3.05, 3.63) is 23.2 Å². The van der Waals surface area contributed by atoms with Gasteiger partial charge in [0, 0.05) is 24.8 Å². The van der Waals surface area contributed by atoms with Gasteiger partial charge in [-0.2, -0.15) is 0 Å². The first-order valence-electron chi connectivity index (χ1n) is 6.69. The molecule has 1 unspecified atom stereocenters. The number of anilines is 2. The van der Waals surface area contributed by atoms with Crippen molar-refractivity contribution in [3.63, 3.8) is 0 Å². The van der Waals surface area contributed by atoms with Crippen molar-refractivity contribution in [1.82, 2.24) is 9.80 Å². The number of benzene rings is 1. The van der Waals surface area contributed by atoms with Crippen LogP contribution in [0.15, 0.2) is 18.2 Å². The molecule has 0 aromatic heterocycles. The standard InChI is InChI=1S/C14H21ClN4O/c1-18(2)11-5-6-19(8-11)9-14(20)17-13-4-3-10(16)7-12(13)15/h3-4,7,11H,5-6,8-9,16H2,1-2H3,(H,17,20). The van der Waals surface area contributed by atoms with Gasteiger partial charge in [-0.15, -0.1) is 0 Å². The minimum atomic E-state index is -0.0453. The molecular weight excluding hydrogens is 276 g/mol. The van der Waals surface area contributed by atoms with Crippen LogP contribution in [0.4, 0.5) is 11.4 Å². The number of carbonyl (C=O) groups is 1. The summed E-state index contributed by atoms with van der Waals surface area (Å²) in [6.07, 6.45) is 1.10. The van der Waals surface area contributed by atoms with Crippen molar-refractivity contribution in [3.8, 4) is 0 Å². The van der Waals surface area contributed by atoms with E-state index in [0.717, 1.165) is 19.5 Å². The summed E-state index contributed by atoms with van der Waals surface area (Å²) >= 11 is 6.04. The number of likely N-dealkylation sites (N-methyl/N-ethyl adjacent to an activating group) is 1. The second-order valence-electron chi connectivity index (χ2n) is 5.43. The molecule has 1 aliphatic rings. The van der Waals surface area contributed by atoms with E-state index in [1.54, 1.807) is 18.2 Å². The molecule has 110 valence electrons. The molecule has 6 heteroatoms. The van der Waals surface area contributed by atoms with Crippen LogP contribution < -0.4 is 11.1 Å². The first-order chi connectivity index (χ1) is 9.45.